The Morgan fingerprint density at radius 2 is 1.68 bits per heavy atom. The van der Waals surface area contributed by atoms with Crippen LogP contribution in [0.4, 0.5) is 8.78 Å². The lowest BCUT2D eigenvalue weighted by Crippen LogP contribution is -2.29. The van der Waals surface area contributed by atoms with Crippen LogP contribution >= 0.6 is 0 Å². The molecule has 0 radical (unpaired) electrons. The van der Waals surface area contributed by atoms with Crippen molar-refractivity contribution in [2.45, 2.75) is 46.1 Å². The van der Waals surface area contributed by atoms with Gasteiger partial charge in [0.15, 0.2) is 0 Å². The van der Waals surface area contributed by atoms with Crippen LogP contribution in [0.2, 0.25) is 0 Å². The average molecular weight is 390 g/mol. The van der Waals surface area contributed by atoms with Gasteiger partial charge in [0.2, 0.25) is 5.91 Å². The molecule has 2 rings (SSSR count). The first-order chi connectivity index (χ1) is 13.4. The van der Waals surface area contributed by atoms with E-state index in [1.807, 2.05) is 0 Å². The Bertz CT molecular complexity index is 756. The molecule has 1 amide bonds. The summed E-state index contributed by atoms with van der Waals surface area (Å²) in [7, 11) is 0. The molecule has 6 heteroatoms. The summed E-state index contributed by atoms with van der Waals surface area (Å²) >= 11 is 0. The minimum absolute atomic E-state index is 0.223. The standard InChI is InChI=1S/C22H28F2N2O2/c1-15-11-18(12-16(2)21(15)24)13-19(22(27)26-28)5-3-4-10-25-14-17-6-8-20(23)9-7-17/h6-9,11-12,19,25,28H,3-5,10,13-14H2,1-2H3,(H,26,27)/t19-/m0/s1. The van der Waals surface area contributed by atoms with Crippen LogP contribution in [0.25, 0.3) is 0 Å². The number of hydrogen-bond donors (Lipinski definition) is 3. The van der Waals surface area contributed by atoms with Gasteiger partial charge >= 0.3 is 0 Å². The van der Waals surface area contributed by atoms with Gasteiger partial charge in [0.25, 0.3) is 0 Å². The number of carbonyl (C=O) groups is 1. The zero-order chi connectivity index (χ0) is 20.5. The van der Waals surface area contributed by atoms with Crippen LogP contribution in [0.3, 0.4) is 0 Å². The Labute approximate surface area is 164 Å². The van der Waals surface area contributed by atoms with E-state index >= 15 is 0 Å². The van der Waals surface area contributed by atoms with Crippen molar-refractivity contribution in [3.63, 3.8) is 0 Å². The lowest BCUT2D eigenvalue weighted by molar-refractivity contribution is -0.133. The van der Waals surface area contributed by atoms with Crippen molar-refractivity contribution in [2.24, 2.45) is 5.92 Å². The third kappa shape index (κ3) is 6.69. The summed E-state index contributed by atoms with van der Waals surface area (Å²) in [5, 5.41) is 12.3. The summed E-state index contributed by atoms with van der Waals surface area (Å²) in [5.74, 6) is -1.26. The molecule has 0 aliphatic carbocycles. The predicted molar refractivity (Wildman–Crippen MR) is 105 cm³/mol. The monoisotopic (exact) mass is 390 g/mol. The Morgan fingerprint density at radius 3 is 2.29 bits per heavy atom. The first-order valence-electron chi connectivity index (χ1n) is 9.55. The van der Waals surface area contributed by atoms with Crippen molar-refractivity contribution in [3.05, 3.63) is 70.3 Å². The van der Waals surface area contributed by atoms with Crippen molar-refractivity contribution in [2.75, 3.05) is 6.54 Å². The van der Waals surface area contributed by atoms with Gasteiger partial charge in [-0.25, -0.2) is 14.3 Å². The van der Waals surface area contributed by atoms with Gasteiger partial charge in [-0.05, 0) is 74.0 Å². The molecule has 0 saturated carbocycles. The summed E-state index contributed by atoms with van der Waals surface area (Å²) < 4.78 is 26.7. The third-order valence-corrected chi connectivity index (χ3v) is 4.86. The van der Waals surface area contributed by atoms with E-state index < -0.39 is 5.91 Å². The number of unbranched alkanes of at least 4 members (excludes halogenated alkanes) is 1. The van der Waals surface area contributed by atoms with Crippen LogP contribution in [0.1, 0.15) is 41.5 Å². The maximum absolute atomic E-state index is 13.8. The second-order valence-corrected chi connectivity index (χ2v) is 7.22. The molecule has 2 aromatic carbocycles. The Hall–Kier alpha value is -2.31. The van der Waals surface area contributed by atoms with Crippen molar-refractivity contribution >= 4 is 5.91 Å². The van der Waals surface area contributed by atoms with Crippen molar-refractivity contribution < 1.29 is 18.8 Å². The predicted octanol–water partition coefficient (Wildman–Crippen LogP) is 4.21. The van der Waals surface area contributed by atoms with Gasteiger partial charge in [0, 0.05) is 12.5 Å². The number of amides is 1. The highest BCUT2D eigenvalue weighted by atomic mass is 19.1. The summed E-state index contributed by atoms with van der Waals surface area (Å²) in [6.45, 7) is 4.86. The lowest BCUT2D eigenvalue weighted by atomic mass is 9.91. The van der Waals surface area contributed by atoms with Crippen molar-refractivity contribution in [1.29, 1.82) is 0 Å². The van der Waals surface area contributed by atoms with E-state index in [1.165, 1.54) is 12.1 Å². The zero-order valence-electron chi connectivity index (χ0n) is 16.4. The Kier molecular flexibility index (Phi) is 8.54. The van der Waals surface area contributed by atoms with Gasteiger partial charge in [0.05, 0.1) is 0 Å². The smallest absolute Gasteiger partial charge is 0.246 e. The van der Waals surface area contributed by atoms with E-state index in [2.05, 4.69) is 5.32 Å². The molecule has 0 saturated heterocycles. The van der Waals surface area contributed by atoms with Gasteiger partial charge in [0.1, 0.15) is 11.6 Å². The summed E-state index contributed by atoms with van der Waals surface area (Å²) in [5.41, 5.74) is 4.76. The van der Waals surface area contributed by atoms with E-state index in [4.69, 9.17) is 5.21 Å². The highest BCUT2D eigenvalue weighted by molar-refractivity contribution is 5.77. The van der Waals surface area contributed by atoms with Crippen molar-refractivity contribution in [3.8, 4) is 0 Å². The number of hydroxylamine groups is 1. The first-order valence-corrected chi connectivity index (χ1v) is 9.55. The van der Waals surface area contributed by atoms with E-state index in [0.29, 0.717) is 30.5 Å². The molecule has 0 bridgehead atoms. The molecule has 1 atom stereocenters. The molecule has 4 nitrogen and oxygen atoms in total. The number of carbonyl (C=O) groups excluding carboxylic acids is 1. The van der Waals surface area contributed by atoms with Gasteiger partial charge in [-0.3, -0.25) is 10.0 Å². The molecule has 0 aromatic heterocycles. The fourth-order valence-electron chi connectivity index (χ4n) is 3.33. The number of nitrogens with one attached hydrogen (secondary N) is 2. The largest absolute Gasteiger partial charge is 0.313 e. The summed E-state index contributed by atoms with van der Waals surface area (Å²) in [6.07, 6.45) is 2.77. The molecule has 0 aliphatic rings. The average Bonchev–Trinajstić information content (AvgIpc) is 2.68. The molecule has 0 fully saturated rings. The van der Waals surface area contributed by atoms with Crippen LogP contribution in [-0.2, 0) is 17.8 Å². The van der Waals surface area contributed by atoms with E-state index in [9.17, 15) is 13.6 Å². The van der Waals surface area contributed by atoms with E-state index in [0.717, 1.165) is 30.5 Å². The highest BCUT2D eigenvalue weighted by Gasteiger charge is 2.19. The molecule has 152 valence electrons. The molecule has 0 unspecified atom stereocenters. The normalized spacial score (nSPS) is 12.0. The number of hydrogen-bond acceptors (Lipinski definition) is 3. The topological polar surface area (TPSA) is 61.4 Å². The van der Waals surface area contributed by atoms with E-state index in [-0.39, 0.29) is 17.6 Å². The van der Waals surface area contributed by atoms with Crippen LogP contribution in [0.5, 0.6) is 0 Å². The Balaban J connectivity index is 1.79. The van der Waals surface area contributed by atoms with Crippen LogP contribution < -0.4 is 10.8 Å². The van der Waals surface area contributed by atoms with Crippen LogP contribution in [0.15, 0.2) is 36.4 Å². The molecule has 0 spiro atoms. The maximum atomic E-state index is 13.8. The van der Waals surface area contributed by atoms with Crippen LogP contribution in [-0.4, -0.2) is 17.7 Å². The number of halogens is 2. The molecule has 3 N–H and O–H groups in total. The lowest BCUT2D eigenvalue weighted by Gasteiger charge is -2.16. The second-order valence-electron chi connectivity index (χ2n) is 7.22. The zero-order valence-corrected chi connectivity index (χ0v) is 16.4. The molecule has 28 heavy (non-hydrogen) atoms. The fourth-order valence-corrected chi connectivity index (χ4v) is 3.33. The molecular weight excluding hydrogens is 362 g/mol. The summed E-state index contributed by atoms with van der Waals surface area (Å²) in [6, 6.07) is 9.88. The molecule has 0 aliphatic heterocycles. The van der Waals surface area contributed by atoms with Gasteiger partial charge in [-0.2, -0.15) is 0 Å². The van der Waals surface area contributed by atoms with Gasteiger partial charge in [-0.1, -0.05) is 30.7 Å². The van der Waals surface area contributed by atoms with Gasteiger partial charge in [-0.15, -0.1) is 0 Å². The SMILES string of the molecule is Cc1cc(C[C@H](CCCCNCc2ccc(F)cc2)C(=O)NO)cc(C)c1F. The number of benzene rings is 2. The molecule has 2 aromatic rings. The number of aryl methyl sites for hydroxylation is 2. The quantitative estimate of drug-likeness (QED) is 0.324. The minimum atomic E-state index is -0.418. The molecular formula is C22H28F2N2O2. The molecule has 0 heterocycles. The second kappa shape index (κ2) is 10.9. The van der Waals surface area contributed by atoms with Crippen LogP contribution in [0, 0.1) is 31.4 Å². The van der Waals surface area contributed by atoms with E-state index in [1.54, 1.807) is 43.6 Å². The van der Waals surface area contributed by atoms with Crippen molar-refractivity contribution in [1.82, 2.24) is 10.8 Å². The maximum Gasteiger partial charge on any atom is 0.246 e. The minimum Gasteiger partial charge on any atom is -0.313 e. The van der Waals surface area contributed by atoms with Gasteiger partial charge < -0.3 is 5.32 Å². The fraction of sp³-hybridized carbons (Fsp3) is 0.409. The summed E-state index contributed by atoms with van der Waals surface area (Å²) in [4.78, 5) is 12.0. The number of rotatable bonds is 10. The highest BCUT2D eigenvalue weighted by Crippen LogP contribution is 2.20. The first kappa shape index (κ1) is 22.0. The Morgan fingerprint density at radius 1 is 1.04 bits per heavy atom. The third-order valence-electron chi connectivity index (χ3n) is 4.86.